The van der Waals surface area contributed by atoms with E-state index in [0.29, 0.717) is 11.4 Å². The second-order valence-electron chi connectivity index (χ2n) is 2.59. The summed E-state index contributed by atoms with van der Waals surface area (Å²) in [5, 5.41) is 0. The van der Waals surface area contributed by atoms with Crippen LogP contribution >= 0.6 is 15.9 Å². The molecule has 0 bridgehead atoms. The lowest BCUT2D eigenvalue weighted by Crippen LogP contribution is -2.23. The summed E-state index contributed by atoms with van der Waals surface area (Å²) in [6, 6.07) is 0. The molecule has 0 aliphatic heterocycles. The highest BCUT2D eigenvalue weighted by Gasteiger charge is 1.99. The zero-order valence-electron chi connectivity index (χ0n) is 6.80. The maximum Gasteiger partial charge on any atom is 0.208 e. The largest absolute Gasteiger partial charge is 0.215 e. The number of nitrogens with one attached hydrogen (secondary N) is 1. The molecule has 5 heteroatoms. The second-order valence-corrected chi connectivity index (χ2v) is 5.99. The minimum atomic E-state index is -2.99. The summed E-state index contributed by atoms with van der Waals surface area (Å²) in [6.45, 7) is 2.58. The molecule has 0 saturated heterocycles. The number of alkyl halides is 1. The van der Waals surface area contributed by atoms with Crippen molar-refractivity contribution >= 4 is 26.0 Å². The van der Waals surface area contributed by atoms with E-state index < -0.39 is 10.0 Å². The Morgan fingerprint density at radius 1 is 1.55 bits per heavy atom. The Hall–Kier alpha value is 0.390. The zero-order valence-corrected chi connectivity index (χ0v) is 9.20. The van der Waals surface area contributed by atoms with E-state index in [4.69, 9.17) is 0 Å². The van der Waals surface area contributed by atoms with E-state index in [1.54, 1.807) is 0 Å². The van der Waals surface area contributed by atoms with Gasteiger partial charge in [0, 0.05) is 11.4 Å². The second kappa shape index (κ2) is 5.11. The van der Waals surface area contributed by atoms with Gasteiger partial charge in [-0.25, -0.2) is 13.1 Å². The fraction of sp³-hybridized carbons (Fsp3) is 1.00. The van der Waals surface area contributed by atoms with E-state index in [-0.39, 0.29) is 0 Å². The lowest BCUT2D eigenvalue weighted by molar-refractivity contribution is 0.583. The molecular weight excluding hydrogens is 230 g/mol. The molecule has 0 saturated carbocycles. The first kappa shape index (κ1) is 11.4. The minimum Gasteiger partial charge on any atom is -0.215 e. The third kappa shape index (κ3) is 10.4. The number of sulfonamides is 1. The highest BCUT2D eigenvalue weighted by Crippen LogP contribution is 2.04. The zero-order chi connectivity index (χ0) is 8.91. The van der Waals surface area contributed by atoms with Gasteiger partial charge in [0.2, 0.25) is 10.0 Å². The van der Waals surface area contributed by atoms with E-state index in [1.807, 2.05) is 6.92 Å². The van der Waals surface area contributed by atoms with Crippen molar-refractivity contribution in [3.63, 3.8) is 0 Å². The molecule has 0 fully saturated rings. The van der Waals surface area contributed by atoms with Gasteiger partial charge in [0.15, 0.2) is 0 Å². The van der Waals surface area contributed by atoms with Gasteiger partial charge in [-0.05, 0) is 12.8 Å². The summed E-state index contributed by atoms with van der Waals surface area (Å²) < 4.78 is 23.5. The number of hydrogen-bond acceptors (Lipinski definition) is 2. The van der Waals surface area contributed by atoms with Crippen molar-refractivity contribution < 1.29 is 8.42 Å². The first-order valence-electron chi connectivity index (χ1n) is 3.50. The van der Waals surface area contributed by atoms with Crippen molar-refractivity contribution in [2.75, 3.05) is 12.8 Å². The average molecular weight is 244 g/mol. The van der Waals surface area contributed by atoms with Crippen LogP contribution in [0.5, 0.6) is 0 Å². The summed E-state index contributed by atoms with van der Waals surface area (Å²) >= 11 is 3.38. The molecule has 0 heterocycles. The fourth-order valence-electron chi connectivity index (χ4n) is 0.641. The summed E-state index contributed by atoms with van der Waals surface area (Å²) in [4.78, 5) is 0.462. The van der Waals surface area contributed by atoms with Gasteiger partial charge in [0.05, 0.1) is 6.26 Å². The fourth-order valence-corrected chi connectivity index (χ4v) is 1.48. The molecule has 3 nitrogen and oxygen atoms in total. The number of hydrogen-bond donors (Lipinski definition) is 1. The van der Waals surface area contributed by atoms with Crippen molar-refractivity contribution in [3.05, 3.63) is 0 Å². The molecule has 0 spiro atoms. The number of halogens is 1. The van der Waals surface area contributed by atoms with Crippen molar-refractivity contribution in [3.8, 4) is 0 Å². The van der Waals surface area contributed by atoms with Gasteiger partial charge in [-0.15, -0.1) is 0 Å². The maximum absolute atomic E-state index is 10.6. The molecule has 0 aromatic heterocycles. The van der Waals surface area contributed by atoms with E-state index in [1.165, 1.54) is 6.26 Å². The predicted octanol–water partition coefficient (Wildman–Crippen LogP) is 1.10. The van der Waals surface area contributed by atoms with Crippen LogP contribution < -0.4 is 4.72 Å². The van der Waals surface area contributed by atoms with E-state index in [9.17, 15) is 8.42 Å². The Balaban J connectivity index is 3.30. The van der Waals surface area contributed by atoms with Crippen LogP contribution in [0.4, 0.5) is 0 Å². The van der Waals surface area contributed by atoms with Gasteiger partial charge in [0.25, 0.3) is 0 Å². The van der Waals surface area contributed by atoms with Crippen LogP contribution in [0, 0.1) is 0 Å². The van der Waals surface area contributed by atoms with Crippen molar-refractivity contribution in [2.45, 2.75) is 24.6 Å². The smallest absolute Gasteiger partial charge is 0.208 e. The van der Waals surface area contributed by atoms with Crippen LogP contribution in [0.25, 0.3) is 0 Å². The Morgan fingerprint density at radius 2 is 2.09 bits per heavy atom. The molecule has 11 heavy (non-hydrogen) atoms. The minimum absolute atomic E-state index is 0.462. The van der Waals surface area contributed by atoms with Crippen molar-refractivity contribution in [1.29, 1.82) is 0 Å². The summed E-state index contributed by atoms with van der Waals surface area (Å²) in [7, 11) is -2.99. The quantitative estimate of drug-likeness (QED) is 0.581. The van der Waals surface area contributed by atoms with Crippen molar-refractivity contribution in [1.82, 2.24) is 4.72 Å². The maximum atomic E-state index is 10.6. The molecule has 68 valence electrons. The molecule has 0 amide bonds. The average Bonchev–Trinajstić information content (AvgIpc) is 1.78. The molecule has 0 rings (SSSR count). The standard InChI is InChI=1S/C6H14BrNO2S/c1-6(7)4-3-5-8-11(2,9)10/h6,8H,3-5H2,1-2H3. The van der Waals surface area contributed by atoms with Crippen LogP contribution in [0.3, 0.4) is 0 Å². The normalized spacial score (nSPS) is 14.8. The van der Waals surface area contributed by atoms with Crippen LogP contribution in [0.15, 0.2) is 0 Å². The Bertz CT molecular complexity index is 189. The first-order chi connectivity index (χ1) is 4.92. The lowest BCUT2D eigenvalue weighted by Gasteiger charge is -2.02. The van der Waals surface area contributed by atoms with E-state index in [2.05, 4.69) is 20.7 Å². The molecule has 0 aliphatic carbocycles. The van der Waals surface area contributed by atoms with E-state index >= 15 is 0 Å². The molecule has 0 radical (unpaired) electrons. The van der Waals surface area contributed by atoms with Gasteiger partial charge < -0.3 is 0 Å². The topological polar surface area (TPSA) is 46.2 Å². The SMILES string of the molecule is CC(Br)CCCNS(C)(=O)=O. The van der Waals surface area contributed by atoms with Gasteiger partial charge >= 0.3 is 0 Å². The summed E-state index contributed by atoms with van der Waals surface area (Å²) in [5.41, 5.74) is 0. The monoisotopic (exact) mass is 243 g/mol. The summed E-state index contributed by atoms with van der Waals surface area (Å²) in [6.07, 6.45) is 3.03. The molecule has 0 aliphatic rings. The summed E-state index contributed by atoms with van der Waals surface area (Å²) in [5.74, 6) is 0. The van der Waals surface area contributed by atoms with Crippen molar-refractivity contribution in [2.24, 2.45) is 0 Å². The highest BCUT2D eigenvalue weighted by atomic mass is 79.9. The first-order valence-corrected chi connectivity index (χ1v) is 6.31. The Labute approximate surface area is 76.7 Å². The molecule has 1 N–H and O–H groups in total. The van der Waals surface area contributed by atoms with E-state index in [0.717, 1.165) is 12.8 Å². The molecular formula is C6H14BrNO2S. The molecule has 1 unspecified atom stereocenters. The van der Waals surface area contributed by atoms with Gasteiger partial charge in [0.1, 0.15) is 0 Å². The predicted molar refractivity (Wildman–Crippen MR) is 50.5 cm³/mol. The van der Waals surface area contributed by atoms with Crippen LogP contribution in [0.2, 0.25) is 0 Å². The Morgan fingerprint density at radius 3 is 2.45 bits per heavy atom. The lowest BCUT2D eigenvalue weighted by atomic mass is 10.2. The molecule has 0 aromatic carbocycles. The third-order valence-corrected chi connectivity index (χ3v) is 2.33. The third-order valence-electron chi connectivity index (χ3n) is 1.14. The van der Waals surface area contributed by atoms with Crippen LogP contribution in [0.1, 0.15) is 19.8 Å². The van der Waals surface area contributed by atoms with Crippen LogP contribution in [-0.4, -0.2) is 26.0 Å². The van der Waals surface area contributed by atoms with Crippen LogP contribution in [-0.2, 0) is 10.0 Å². The van der Waals surface area contributed by atoms with Gasteiger partial charge in [-0.1, -0.05) is 22.9 Å². The molecule has 1 atom stereocenters. The van der Waals surface area contributed by atoms with Gasteiger partial charge in [-0.3, -0.25) is 0 Å². The highest BCUT2D eigenvalue weighted by molar-refractivity contribution is 9.09. The number of rotatable bonds is 5. The molecule has 0 aromatic rings. The van der Waals surface area contributed by atoms with Gasteiger partial charge in [-0.2, -0.15) is 0 Å². The Kier molecular flexibility index (Phi) is 5.29.